The standard InChI is InChI=1S/C29H37N5O4/c30-22(17-20-9-3-1-4-10-20)19-26(31)33-15-8-14-25(33)28(36)34-16-7-13-24(34)27(35)32-23(29(37)38)18-21-11-5-2-6-12-21/h1-6,9-12,22-25,31H,7-8,13-19,30H2,(H,32,35)(H,37,38)/t22-,23-,24-,25-/m0/s1. The number of rotatable bonds is 10. The Morgan fingerprint density at radius 3 is 2.05 bits per heavy atom. The van der Waals surface area contributed by atoms with E-state index in [2.05, 4.69) is 5.32 Å². The monoisotopic (exact) mass is 519 g/mol. The van der Waals surface area contributed by atoms with Gasteiger partial charge in [-0.05, 0) is 43.2 Å². The predicted octanol–water partition coefficient (Wildman–Crippen LogP) is 2.19. The minimum atomic E-state index is -1.11. The third kappa shape index (κ3) is 6.77. The van der Waals surface area contributed by atoms with Crippen molar-refractivity contribution in [2.45, 2.75) is 69.1 Å². The average Bonchev–Trinajstić information content (AvgIpc) is 3.59. The molecule has 2 aliphatic rings. The van der Waals surface area contributed by atoms with Gasteiger partial charge in [-0.25, -0.2) is 4.79 Å². The number of amides is 2. The SMILES string of the molecule is N=C(C[C@@H](N)Cc1ccccc1)N1CCC[C@H]1C(=O)N1CCC[C@H]1C(=O)N[C@@H](Cc1ccccc1)C(=O)O. The number of amidine groups is 1. The van der Waals surface area contributed by atoms with E-state index in [0.717, 1.165) is 17.5 Å². The molecule has 2 heterocycles. The van der Waals surface area contributed by atoms with E-state index in [9.17, 15) is 19.5 Å². The van der Waals surface area contributed by atoms with Gasteiger partial charge in [0.15, 0.2) is 0 Å². The van der Waals surface area contributed by atoms with E-state index in [1.54, 1.807) is 4.90 Å². The third-order valence-electron chi connectivity index (χ3n) is 7.42. The maximum atomic E-state index is 13.6. The summed E-state index contributed by atoms with van der Waals surface area (Å²) in [5.41, 5.74) is 8.26. The fraction of sp³-hybridized carbons (Fsp3) is 0.448. The van der Waals surface area contributed by atoms with Crippen molar-refractivity contribution in [1.82, 2.24) is 15.1 Å². The van der Waals surface area contributed by atoms with Gasteiger partial charge in [0.1, 0.15) is 18.1 Å². The van der Waals surface area contributed by atoms with E-state index < -0.39 is 30.0 Å². The molecule has 0 aromatic heterocycles. The summed E-state index contributed by atoms with van der Waals surface area (Å²) < 4.78 is 0. The molecule has 4 rings (SSSR count). The van der Waals surface area contributed by atoms with E-state index in [-0.39, 0.29) is 18.4 Å². The third-order valence-corrected chi connectivity index (χ3v) is 7.42. The van der Waals surface area contributed by atoms with Crippen molar-refractivity contribution in [2.75, 3.05) is 13.1 Å². The van der Waals surface area contributed by atoms with Crippen LogP contribution in [0, 0.1) is 5.41 Å². The number of nitrogens with one attached hydrogen (secondary N) is 2. The van der Waals surface area contributed by atoms with E-state index in [1.807, 2.05) is 65.6 Å². The Morgan fingerprint density at radius 1 is 0.895 bits per heavy atom. The van der Waals surface area contributed by atoms with E-state index in [1.165, 1.54) is 0 Å². The van der Waals surface area contributed by atoms with Crippen LogP contribution in [0.4, 0.5) is 0 Å². The molecule has 0 radical (unpaired) electrons. The summed E-state index contributed by atoms with van der Waals surface area (Å²) in [6.45, 7) is 1.05. The van der Waals surface area contributed by atoms with Crippen molar-refractivity contribution in [2.24, 2.45) is 5.73 Å². The number of carbonyl (C=O) groups excluding carboxylic acids is 2. The lowest BCUT2D eigenvalue weighted by Crippen LogP contribution is -2.55. The highest BCUT2D eigenvalue weighted by atomic mass is 16.4. The van der Waals surface area contributed by atoms with Crippen LogP contribution < -0.4 is 11.1 Å². The number of hydrogen-bond donors (Lipinski definition) is 4. The second kappa shape index (κ2) is 12.7. The van der Waals surface area contributed by atoms with Gasteiger partial charge in [0.25, 0.3) is 0 Å². The molecule has 2 aromatic carbocycles. The number of likely N-dealkylation sites (tertiary alicyclic amines) is 2. The molecule has 2 amide bonds. The smallest absolute Gasteiger partial charge is 0.326 e. The van der Waals surface area contributed by atoms with Crippen LogP contribution in [0.1, 0.15) is 43.2 Å². The molecule has 0 bridgehead atoms. The summed E-state index contributed by atoms with van der Waals surface area (Å²) in [5, 5.41) is 21.0. The van der Waals surface area contributed by atoms with Crippen LogP contribution in [0.5, 0.6) is 0 Å². The normalized spacial score (nSPS) is 20.7. The zero-order valence-electron chi connectivity index (χ0n) is 21.6. The van der Waals surface area contributed by atoms with Crippen molar-refractivity contribution in [3.63, 3.8) is 0 Å². The van der Waals surface area contributed by atoms with E-state index in [0.29, 0.717) is 51.0 Å². The summed E-state index contributed by atoms with van der Waals surface area (Å²) in [6, 6.07) is 16.5. The number of nitrogens with zero attached hydrogens (tertiary/aromatic N) is 2. The van der Waals surface area contributed by atoms with Gasteiger partial charge in [-0.3, -0.25) is 15.0 Å². The molecule has 4 atom stereocenters. The molecule has 9 heteroatoms. The highest BCUT2D eigenvalue weighted by molar-refractivity contribution is 5.94. The summed E-state index contributed by atoms with van der Waals surface area (Å²) in [5.74, 6) is -1.38. The Labute approximate surface area is 223 Å². The van der Waals surface area contributed by atoms with Gasteiger partial charge in [-0.15, -0.1) is 0 Å². The summed E-state index contributed by atoms with van der Waals surface area (Å²) in [7, 11) is 0. The van der Waals surface area contributed by atoms with Gasteiger partial charge in [0.05, 0.1) is 5.84 Å². The van der Waals surface area contributed by atoms with Crippen molar-refractivity contribution >= 4 is 23.6 Å². The van der Waals surface area contributed by atoms with E-state index in [4.69, 9.17) is 11.1 Å². The highest BCUT2D eigenvalue weighted by Crippen LogP contribution is 2.26. The number of carboxylic acid groups (broad SMARTS) is 1. The lowest BCUT2D eigenvalue weighted by Gasteiger charge is -2.33. The summed E-state index contributed by atoms with van der Waals surface area (Å²) in [4.78, 5) is 42.1. The van der Waals surface area contributed by atoms with Crippen LogP contribution in [-0.4, -0.2) is 75.8 Å². The minimum absolute atomic E-state index is 0.166. The Bertz CT molecular complexity index is 1130. The van der Waals surface area contributed by atoms with Crippen LogP contribution in [-0.2, 0) is 27.2 Å². The molecule has 2 fully saturated rings. The zero-order valence-corrected chi connectivity index (χ0v) is 21.6. The van der Waals surface area contributed by atoms with Crippen LogP contribution in [0.3, 0.4) is 0 Å². The molecule has 0 spiro atoms. The first-order chi connectivity index (χ1) is 18.3. The van der Waals surface area contributed by atoms with Gasteiger partial charge in [0, 0.05) is 32.0 Å². The molecule has 0 unspecified atom stereocenters. The van der Waals surface area contributed by atoms with Crippen LogP contribution in [0.15, 0.2) is 60.7 Å². The molecule has 202 valence electrons. The van der Waals surface area contributed by atoms with Crippen molar-refractivity contribution < 1.29 is 19.5 Å². The molecule has 5 N–H and O–H groups in total. The lowest BCUT2D eigenvalue weighted by molar-refractivity contribution is -0.144. The first kappa shape index (κ1) is 27.3. The van der Waals surface area contributed by atoms with Gasteiger partial charge < -0.3 is 26.0 Å². The largest absolute Gasteiger partial charge is 0.480 e. The Hall–Kier alpha value is -3.72. The number of hydrogen-bond acceptors (Lipinski definition) is 5. The Morgan fingerprint density at radius 2 is 1.45 bits per heavy atom. The number of nitrogens with two attached hydrogens (primary N) is 1. The van der Waals surface area contributed by atoms with Gasteiger partial charge in [-0.2, -0.15) is 0 Å². The second-order valence-corrected chi connectivity index (χ2v) is 10.2. The van der Waals surface area contributed by atoms with Gasteiger partial charge >= 0.3 is 5.97 Å². The number of carboxylic acids is 1. The van der Waals surface area contributed by atoms with Crippen LogP contribution >= 0.6 is 0 Å². The summed E-state index contributed by atoms with van der Waals surface area (Å²) >= 11 is 0. The second-order valence-electron chi connectivity index (χ2n) is 10.2. The molecule has 2 aliphatic heterocycles. The molecular formula is C29H37N5O4. The fourth-order valence-electron chi connectivity index (χ4n) is 5.51. The Kier molecular flexibility index (Phi) is 9.12. The van der Waals surface area contributed by atoms with Crippen LogP contribution in [0.25, 0.3) is 0 Å². The van der Waals surface area contributed by atoms with Crippen molar-refractivity contribution in [3.8, 4) is 0 Å². The lowest BCUT2D eigenvalue weighted by atomic mass is 10.0. The molecule has 0 aliphatic carbocycles. The fourth-order valence-corrected chi connectivity index (χ4v) is 5.51. The quantitative estimate of drug-likeness (QED) is 0.280. The molecule has 0 saturated carbocycles. The number of carbonyl (C=O) groups is 3. The number of benzene rings is 2. The van der Waals surface area contributed by atoms with Crippen molar-refractivity contribution in [3.05, 3.63) is 71.8 Å². The highest BCUT2D eigenvalue weighted by Gasteiger charge is 2.42. The zero-order chi connectivity index (χ0) is 27.1. The van der Waals surface area contributed by atoms with Gasteiger partial charge in [0.2, 0.25) is 11.8 Å². The first-order valence-electron chi connectivity index (χ1n) is 13.3. The molecule has 38 heavy (non-hydrogen) atoms. The topological polar surface area (TPSA) is 140 Å². The predicted molar refractivity (Wildman–Crippen MR) is 145 cm³/mol. The first-order valence-corrected chi connectivity index (χ1v) is 13.3. The van der Waals surface area contributed by atoms with Crippen LogP contribution in [0.2, 0.25) is 0 Å². The Balaban J connectivity index is 1.37. The molecular weight excluding hydrogens is 482 g/mol. The van der Waals surface area contributed by atoms with Crippen molar-refractivity contribution in [1.29, 1.82) is 5.41 Å². The average molecular weight is 520 g/mol. The van der Waals surface area contributed by atoms with E-state index >= 15 is 0 Å². The molecule has 2 aromatic rings. The van der Waals surface area contributed by atoms with Gasteiger partial charge in [-0.1, -0.05) is 60.7 Å². The summed E-state index contributed by atoms with van der Waals surface area (Å²) in [6.07, 6.45) is 3.74. The number of aliphatic carboxylic acids is 1. The molecule has 9 nitrogen and oxygen atoms in total. The molecule has 2 saturated heterocycles. The maximum Gasteiger partial charge on any atom is 0.326 e. The maximum absolute atomic E-state index is 13.6. The minimum Gasteiger partial charge on any atom is -0.480 e.